The first-order valence-electron chi connectivity index (χ1n) is 11.3. The van der Waals surface area contributed by atoms with E-state index in [1.54, 1.807) is 12.1 Å². The number of H-pyrrole nitrogens is 1. The van der Waals surface area contributed by atoms with E-state index in [-0.39, 0.29) is 40.6 Å². The molecule has 2 aliphatic rings. The summed E-state index contributed by atoms with van der Waals surface area (Å²) in [6.07, 6.45) is 6.11. The van der Waals surface area contributed by atoms with Gasteiger partial charge in [0.2, 0.25) is 25.8 Å². The van der Waals surface area contributed by atoms with Gasteiger partial charge in [-0.05, 0) is 46.9 Å². The van der Waals surface area contributed by atoms with Gasteiger partial charge in [-0.1, -0.05) is 41.8 Å². The van der Waals surface area contributed by atoms with Gasteiger partial charge < -0.3 is 4.98 Å². The number of nitrogens with one attached hydrogen (secondary N) is 1. The Hall–Kier alpha value is -2.81. The van der Waals surface area contributed by atoms with Crippen LogP contribution in [0.2, 0.25) is 0 Å². The van der Waals surface area contributed by atoms with Crippen LogP contribution in [0.5, 0.6) is 0 Å². The van der Waals surface area contributed by atoms with Crippen molar-refractivity contribution in [1.82, 2.24) is 13.7 Å². The molecule has 9 nitrogen and oxygen atoms in total. The Balaban J connectivity index is 1.73. The molecule has 0 bridgehead atoms. The number of hydrogen-bond donors (Lipinski definition) is 1. The van der Waals surface area contributed by atoms with Crippen LogP contribution in [-0.4, -0.2) is 54.9 Å². The van der Waals surface area contributed by atoms with Crippen molar-refractivity contribution in [3.63, 3.8) is 0 Å². The summed E-state index contributed by atoms with van der Waals surface area (Å²) in [6, 6.07) is 7.24. The molecule has 0 atom stereocenters. The van der Waals surface area contributed by atoms with E-state index < -0.39 is 26.0 Å². The minimum absolute atomic E-state index is 0.0404. The lowest BCUT2D eigenvalue weighted by molar-refractivity contribution is 0.0984. The Morgan fingerprint density at radius 3 is 2.49 bits per heavy atom. The molecular formula is C24H28N4O5S2. The van der Waals surface area contributed by atoms with Crippen molar-refractivity contribution in [3.8, 4) is 6.07 Å². The van der Waals surface area contributed by atoms with Gasteiger partial charge in [0.05, 0.1) is 17.7 Å². The highest BCUT2D eigenvalue weighted by atomic mass is 32.3. The van der Waals surface area contributed by atoms with Crippen molar-refractivity contribution in [2.45, 2.75) is 45.4 Å². The zero-order chi connectivity index (χ0) is 25.6. The Morgan fingerprint density at radius 2 is 1.91 bits per heavy atom. The number of ketones is 1. The van der Waals surface area contributed by atoms with Crippen molar-refractivity contribution in [1.29, 1.82) is 5.26 Å². The maximum Gasteiger partial charge on any atom is 0.227 e. The van der Waals surface area contributed by atoms with Crippen LogP contribution >= 0.6 is 0 Å². The first-order valence-corrected chi connectivity index (χ1v) is 14.5. The van der Waals surface area contributed by atoms with Crippen LogP contribution in [0.3, 0.4) is 0 Å². The monoisotopic (exact) mass is 516 g/mol. The van der Waals surface area contributed by atoms with E-state index >= 15 is 0 Å². The quantitative estimate of drug-likeness (QED) is 0.602. The number of rotatable bonds is 5. The molecule has 1 N–H and O–H groups in total. The zero-order valence-electron chi connectivity index (χ0n) is 19.9. The zero-order valence-corrected chi connectivity index (χ0v) is 21.5. The van der Waals surface area contributed by atoms with Gasteiger partial charge in [0, 0.05) is 19.4 Å². The number of aromatic amines is 1. The van der Waals surface area contributed by atoms with Crippen LogP contribution in [0, 0.1) is 16.7 Å². The Kier molecular flexibility index (Phi) is 6.51. The molecule has 1 aliphatic carbocycles. The van der Waals surface area contributed by atoms with Crippen molar-refractivity contribution < 1.29 is 21.6 Å². The first kappa shape index (κ1) is 25.3. The number of benzene rings is 1. The highest BCUT2D eigenvalue weighted by Gasteiger charge is 2.41. The van der Waals surface area contributed by atoms with Crippen molar-refractivity contribution in [2.75, 3.05) is 18.6 Å². The van der Waals surface area contributed by atoms with Gasteiger partial charge >= 0.3 is 0 Å². The van der Waals surface area contributed by atoms with E-state index in [0.29, 0.717) is 9.27 Å². The lowest BCUT2D eigenvalue weighted by Gasteiger charge is -2.31. The van der Waals surface area contributed by atoms with E-state index in [1.165, 1.54) is 6.20 Å². The van der Waals surface area contributed by atoms with E-state index in [9.17, 15) is 21.6 Å². The molecule has 1 aromatic heterocycles. The Labute approximate surface area is 206 Å². The molecular weight excluding hydrogens is 488 g/mol. The minimum atomic E-state index is -3.95. The van der Waals surface area contributed by atoms with Gasteiger partial charge in [-0.2, -0.15) is 5.26 Å². The summed E-state index contributed by atoms with van der Waals surface area (Å²) in [5.41, 5.74) is 3.61. The summed E-state index contributed by atoms with van der Waals surface area (Å²) in [7, 11) is -6.82. The van der Waals surface area contributed by atoms with E-state index in [0.717, 1.165) is 43.0 Å². The minimum Gasteiger partial charge on any atom is -0.327 e. The van der Waals surface area contributed by atoms with Crippen LogP contribution < -0.4 is 0 Å². The predicted molar refractivity (Wildman–Crippen MR) is 131 cm³/mol. The largest absolute Gasteiger partial charge is 0.327 e. The Bertz CT molecular complexity index is 1430. The smallest absolute Gasteiger partial charge is 0.227 e. The lowest BCUT2D eigenvalue weighted by atomic mass is 9.76. The molecule has 4 rings (SSSR count). The van der Waals surface area contributed by atoms with Gasteiger partial charge in [0.25, 0.3) is 0 Å². The fourth-order valence-corrected chi connectivity index (χ4v) is 8.49. The third kappa shape index (κ3) is 5.24. The fourth-order valence-electron chi connectivity index (χ4n) is 4.53. The predicted octanol–water partition coefficient (Wildman–Crippen LogP) is 2.99. The number of nitrogens with zero attached hydrogens (tertiary/aromatic N) is 3. The number of imidazole rings is 1. The van der Waals surface area contributed by atoms with E-state index in [1.807, 2.05) is 12.1 Å². The van der Waals surface area contributed by atoms with E-state index in [4.69, 9.17) is 5.26 Å². The number of aromatic nitrogens is 2. The summed E-state index contributed by atoms with van der Waals surface area (Å²) >= 11 is 0. The molecule has 1 aromatic carbocycles. The number of nitriles is 1. The molecule has 2 aromatic rings. The number of allylic oxidation sites excluding steroid dienone is 2. The number of Topliss-reactive ketones (excluding diaryl/α,β-unsaturated/α-hetero) is 1. The van der Waals surface area contributed by atoms with Gasteiger partial charge in [0.15, 0.2) is 5.82 Å². The molecule has 1 aliphatic heterocycles. The second kappa shape index (κ2) is 9.00. The van der Waals surface area contributed by atoms with Crippen molar-refractivity contribution >= 4 is 31.4 Å². The summed E-state index contributed by atoms with van der Waals surface area (Å²) < 4.78 is 50.4. The average molecular weight is 517 g/mol. The molecule has 2 heterocycles. The van der Waals surface area contributed by atoms with Crippen LogP contribution in [-0.2, 0) is 26.5 Å². The average Bonchev–Trinajstić information content (AvgIpc) is 3.27. The summed E-state index contributed by atoms with van der Waals surface area (Å²) in [5.74, 6) is -1.47. The molecule has 0 saturated carbocycles. The maximum absolute atomic E-state index is 12.9. The summed E-state index contributed by atoms with van der Waals surface area (Å²) in [5, 5.41) is 8.99. The number of carbonyl (C=O) groups is 1. The molecule has 1 fully saturated rings. The third-order valence-electron chi connectivity index (χ3n) is 6.84. The van der Waals surface area contributed by atoms with Crippen molar-refractivity contribution in [2.24, 2.45) is 5.41 Å². The molecule has 186 valence electrons. The van der Waals surface area contributed by atoms with Gasteiger partial charge in [0.1, 0.15) is 11.8 Å². The van der Waals surface area contributed by atoms with Gasteiger partial charge in [-0.3, -0.25) is 4.79 Å². The number of sulfonamides is 2. The molecule has 35 heavy (non-hydrogen) atoms. The highest BCUT2D eigenvalue weighted by molar-refractivity contribution is 8.04. The van der Waals surface area contributed by atoms with Crippen LogP contribution in [0.1, 0.15) is 72.0 Å². The SMILES string of the molecule is CN1S(=O)(=O)CC(c2ccc(CC(=O)c3ncc(C#N)[nH]3)c(C3=CCC(C)(C)CC3)c2)CS1(=O)=O. The molecule has 1 saturated heterocycles. The fraction of sp³-hybridized carbons (Fsp3) is 0.458. The normalized spacial score (nSPS) is 21.7. The second-order valence-corrected chi connectivity index (χ2v) is 14.3. The molecule has 0 amide bonds. The first-order chi connectivity index (χ1) is 16.3. The van der Waals surface area contributed by atoms with Crippen LogP contribution in [0.15, 0.2) is 30.5 Å². The number of hydrogen-bond acceptors (Lipinski definition) is 7. The Morgan fingerprint density at radius 1 is 1.23 bits per heavy atom. The lowest BCUT2D eigenvalue weighted by Crippen LogP contribution is -2.45. The third-order valence-corrected chi connectivity index (χ3v) is 11.4. The van der Waals surface area contributed by atoms with Crippen molar-refractivity contribution in [3.05, 3.63) is 58.7 Å². The summed E-state index contributed by atoms with van der Waals surface area (Å²) in [4.78, 5) is 19.6. The van der Waals surface area contributed by atoms with Crippen LogP contribution in [0.4, 0.5) is 0 Å². The maximum atomic E-state index is 12.9. The van der Waals surface area contributed by atoms with E-state index in [2.05, 4.69) is 29.9 Å². The molecule has 0 spiro atoms. The van der Waals surface area contributed by atoms with Gasteiger partial charge in [-0.25, -0.2) is 21.8 Å². The van der Waals surface area contributed by atoms with Crippen LogP contribution in [0.25, 0.3) is 5.57 Å². The molecule has 0 radical (unpaired) electrons. The van der Waals surface area contributed by atoms with Gasteiger partial charge in [-0.15, -0.1) is 0 Å². The second-order valence-electron chi connectivity index (χ2n) is 10.0. The molecule has 0 unspecified atom stereocenters. The standard InChI is InChI=1S/C24H28N4O5S2/c1-24(2)8-6-16(7-9-24)21-10-17(19-14-34(30,31)28(3)35(32,33)15-19)4-5-18(21)11-22(29)23-26-13-20(12-25)27-23/h4-6,10,13,19H,7-9,11,14-15H2,1-3H3,(H,26,27). The topological polar surface area (TPSA) is 141 Å². The number of carbonyl (C=O) groups excluding carboxylic acids is 1. The summed E-state index contributed by atoms with van der Waals surface area (Å²) in [6.45, 7) is 4.39. The highest BCUT2D eigenvalue weighted by Crippen LogP contribution is 2.40. The molecule has 11 heteroatoms.